The van der Waals surface area contributed by atoms with Crippen LogP contribution >= 0.6 is 0 Å². The highest BCUT2D eigenvalue weighted by molar-refractivity contribution is 5.96. The van der Waals surface area contributed by atoms with E-state index in [4.69, 9.17) is 4.98 Å². The van der Waals surface area contributed by atoms with Crippen molar-refractivity contribution >= 4 is 21.5 Å². The summed E-state index contributed by atoms with van der Waals surface area (Å²) in [5.41, 5.74) is 5.02. The Hall–Kier alpha value is -4.44. The zero-order valence-electron chi connectivity index (χ0n) is 19.1. The van der Waals surface area contributed by atoms with Crippen LogP contribution in [0.2, 0.25) is 0 Å². The standard InChI is InChI=1S/C32H20F3N/c33-32(34,35)28-15-12-21(13-16-28)24-10-8-22-9-11-25(19-27(22)18-24)26-14-17-31(36-20-26)30-7-3-5-23-4-1-2-6-29(23)30/h1-20H. The number of rotatable bonds is 3. The average molecular weight is 476 g/mol. The van der Waals surface area contributed by atoms with Gasteiger partial charge in [0, 0.05) is 17.3 Å². The first-order chi connectivity index (χ1) is 17.5. The average Bonchev–Trinajstić information content (AvgIpc) is 2.92. The van der Waals surface area contributed by atoms with Crippen LogP contribution in [0.5, 0.6) is 0 Å². The lowest BCUT2D eigenvalue weighted by Crippen LogP contribution is -2.03. The third kappa shape index (κ3) is 4.11. The smallest absolute Gasteiger partial charge is 0.256 e. The molecule has 5 aromatic carbocycles. The summed E-state index contributed by atoms with van der Waals surface area (Å²) in [7, 11) is 0. The number of hydrogen-bond donors (Lipinski definition) is 0. The molecule has 1 nitrogen and oxygen atoms in total. The zero-order chi connectivity index (χ0) is 24.7. The van der Waals surface area contributed by atoms with E-state index < -0.39 is 11.7 Å². The van der Waals surface area contributed by atoms with E-state index in [9.17, 15) is 13.2 Å². The highest BCUT2D eigenvalue weighted by Gasteiger charge is 2.29. The van der Waals surface area contributed by atoms with Gasteiger partial charge in [-0.05, 0) is 68.6 Å². The van der Waals surface area contributed by atoms with Crippen LogP contribution in [-0.2, 0) is 6.18 Å². The van der Waals surface area contributed by atoms with Crippen molar-refractivity contribution in [2.45, 2.75) is 6.18 Å². The van der Waals surface area contributed by atoms with Gasteiger partial charge in [-0.3, -0.25) is 4.98 Å². The summed E-state index contributed by atoms with van der Waals surface area (Å²) in [4.78, 5) is 4.76. The maximum Gasteiger partial charge on any atom is 0.416 e. The Kier molecular flexibility index (Phi) is 5.30. The minimum Gasteiger partial charge on any atom is -0.256 e. The number of halogens is 3. The normalized spacial score (nSPS) is 11.8. The van der Waals surface area contributed by atoms with Gasteiger partial charge in [0.2, 0.25) is 0 Å². The third-order valence-corrected chi connectivity index (χ3v) is 6.55. The Balaban J connectivity index is 1.33. The van der Waals surface area contributed by atoms with Crippen LogP contribution in [0, 0.1) is 0 Å². The summed E-state index contributed by atoms with van der Waals surface area (Å²) in [6, 6.07) is 36.1. The van der Waals surface area contributed by atoms with E-state index in [-0.39, 0.29) is 0 Å². The fourth-order valence-electron chi connectivity index (χ4n) is 4.63. The maximum atomic E-state index is 12.9. The van der Waals surface area contributed by atoms with Crippen molar-refractivity contribution in [3.63, 3.8) is 0 Å². The second-order valence-electron chi connectivity index (χ2n) is 8.81. The molecule has 1 heterocycles. The Morgan fingerprint density at radius 1 is 0.500 bits per heavy atom. The molecule has 0 fully saturated rings. The van der Waals surface area contributed by atoms with E-state index in [1.807, 2.05) is 48.7 Å². The van der Waals surface area contributed by atoms with E-state index in [1.165, 1.54) is 22.9 Å². The molecule has 0 radical (unpaired) electrons. The molecule has 0 amide bonds. The van der Waals surface area contributed by atoms with Gasteiger partial charge < -0.3 is 0 Å². The van der Waals surface area contributed by atoms with E-state index in [0.29, 0.717) is 0 Å². The summed E-state index contributed by atoms with van der Waals surface area (Å²) in [5.74, 6) is 0. The minimum atomic E-state index is -4.34. The molecule has 0 saturated heterocycles. The molecule has 0 unspecified atom stereocenters. The zero-order valence-corrected chi connectivity index (χ0v) is 19.1. The van der Waals surface area contributed by atoms with Gasteiger partial charge in [-0.1, -0.05) is 84.9 Å². The lowest BCUT2D eigenvalue weighted by atomic mass is 9.97. The van der Waals surface area contributed by atoms with Gasteiger partial charge in [0.1, 0.15) is 0 Å². The number of hydrogen-bond acceptors (Lipinski definition) is 1. The summed E-state index contributed by atoms with van der Waals surface area (Å²) < 4.78 is 38.8. The van der Waals surface area contributed by atoms with Crippen molar-refractivity contribution < 1.29 is 13.2 Å². The largest absolute Gasteiger partial charge is 0.416 e. The van der Waals surface area contributed by atoms with Crippen molar-refractivity contribution in [2.75, 3.05) is 0 Å². The highest BCUT2D eigenvalue weighted by Crippen LogP contribution is 2.33. The second kappa shape index (κ2) is 8.65. The predicted octanol–water partition coefficient (Wildman–Crippen LogP) is 9.41. The fourth-order valence-corrected chi connectivity index (χ4v) is 4.63. The number of benzene rings is 5. The van der Waals surface area contributed by atoms with Gasteiger partial charge in [0.05, 0.1) is 11.3 Å². The molecule has 0 N–H and O–H groups in total. The van der Waals surface area contributed by atoms with Gasteiger partial charge in [0.15, 0.2) is 0 Å². The summed E-state index contributed by atoms with van der Waals surface area (Å²) in [5, 5.41) is 4.43. The second-order valence-corrected chi connectivity index (χ2v) is 8.81. The fraction of sp³-hybridized carbons (Fsp3) is 0.0312. The van der Waals surface area contributed by atoms with Crippen molar-refractivity contribution in [1.29, 1.82) is 0 Å². The van der Waals surface area contributed by atoms with Crippen LogP contribution in [0.1, 0.15) is 5.56 Å². The number of alkyl halides is 3. The molecule has 0 atom stereocenters. The van der Waals surface area contributed by atoms with Gasteiger partial charge in [-0.15, -0.1) is 0 Å². The molecular weight excluding hydrogens is 455 g/mol. The monoisotopic (exact) mass is 475 g/mol. The summed E-state index contributed by atoms with van der Waals surface area (Å²) >= 11 is 0. The van der Waals surface area contributed by atoms with E-state index in [1.54, 1.807) is 0 Å². The summed E-state index contributed by atoms with van der Waals surface area (Å²) in [6.07, 6.45) is -2.45. The Bertz CT molecular complexity index is 1690. The first-order valence-electron chi connectivity index (χ1n) is 11.6. The van der Waals surface area contributed by atoms with Crippen molar-refractivity contribution in [3.05, 3.63) is 127 Å². The maximum absolute atomic E-state index is 12.9. The molecule has 0 bridgehead atoms. The quantitative estimate of drug-likeness (QED) is 0.248. The van der Waals surface area contributed by atoms with E-state index in [2.05, 4.69) is 48.5 Å². The van der Waals surface area contributed by atoms with Crippen LogP contribution in [0.15, 0.2) is 121 Å². The first-order valence-corrected chi connectivity index (χ1v) is 11.6. The molecule has 174 valence electrons. The molecule has 0 spiro atoms. The topological polar surface area (TPSA) is 12.9 Å². The van der Waals surface area contributed by atoms with Gasteiger partial charge in [-0.25, -0.2) is 0 Å². The van der Waals surface area contributed by atoms with Crippen molar-refractivity contribution in [3.8, 4) is 33.5 Å². The Morgan fingerprint density at radius 2 is 1.14 bits per heavy atom. The SMILES string of the molecule is FC(F)(F)c1ccc(-c2ccc3ccc(-c4ccc(-c5cccc6ccccc56)nc4)cc3c2)cc1. The molecule has 0 aliphatic heterocycles. The number of nitrogens with zero attached hydrogens (tertiary/aromatic N) is 1. The van der Waals surface area contributed by atoms with E-state index >= 15 is 0 Å². The van der Waals surface area contributed by atoms with Crippen molar-refractivity contribution in [1.82, 2.24) is 4.98 Å². The molecule has 0 saturated carbocycles. The van der Waals surface area contributed by atoms with Gasteiger partial charge in [0.25, 0.3) is 0 Å². The van der Waals surface area contributed by atoms with Crippen LogP contribution in [-0.4, -0.2) is 4.98 Å². The first kappa shape index (κ1) is 22.1. The highest BCUT2D eigenvalue weighted by atomic mass is 19.4. The summed E-state index contributed by atoms with van der Waals surface area (Å²) in [6.45, 7) is 0. The van der Waals surface area contributed by atoms with Gasteiger partial charge in [-0.2, -0.15) is 13.2 Å². The third-order valence-electron chi connectivity index (χ3n) is 6.55. The van der Waals surface area contributed by atoms with Gasteiger partial charge >= 0.3 is 6.18 Å². The van der Waals surface area contributed by atoms with E-state index in [0.717, 1.165) is 56.4 Å². The molecule has 0 aliphatic carbocycles. The molecular formula is C32H20F3N. The molecule has 0 aliphatic rings. The predicted molar refractivity (Wildman–Crippen MR) is 141 cm³/mol. The van der Waals surface area contributed by atoms with Crippen molar-refractivity contribution in [2.24, 2.45) is 0 Å². The lowest BCUT2D eigenvalue weighted by Gasteiger charge is -2.10. The number of aromatic nitrogens is 1. The van der Waals surface area contributed by atoms with Crippen LogP contribution < -0.4 is 0 Å². The number of pyridine rings is 1. The molecule has 1 aromatic heterocycles. The van der Waals surface area contributed by atoms with Crippen LogP contribution in [0.3, 0.4) is 0 Å². The molecule has 6 rings (SSSR count). The molecule has 36 heavy (non-hydrogen) atoms. The van der Waals surface area contributed by atoms with Crippen LogP contribution in [0.25, 0.3) is 55.1 Å². The number of fused-ring (bicyclic) bond motifs is 2. The Labute approximate surface area is 206 Å². The van der Waals surface area contributed by atoms with Crippen LogP contribution in [0.4, 0.5) is 13.2 Å². The minimum absolute atomic E-state index is 0.645. The Morgan fingerprint density at radius 3 is 1.83 bits per heavy atom. The molecule has 6 aromatic rings. The lowest BCUT2D eigenvalue weighted by molar-refractivity contribution is -0.137. The molecule has 4 heteroatoms.